The molecule has 0 bridgehead atoms. The van der Waals surface area contributed by atoms with E-state index in [1.165, 1.54) is 5.56 Å². The zero-order chi connectivity index (χ0) is 12.3. The Kier molecular flexibility index (Phi) is 3.20. The zero-order valence-corrected chi connectivity index (χ0v) is 9.88. The van der Waals surface area contributed by atoms with Crippen LogP contribution in [0, 0.1) is 6.92 Å². The number of nitrogens with zero attached hydrogens (tertiary/aromatic N) is 3. The van der Waals surface area contributed by atoms with Gasteiger partial charge in [0.2, 0.25) is 5.95 Å². The Morgan fingerprint density at radius 2 is 2.12 bits per heavy atom. The summed E-state index contributed by atoms with van der Waals surface area (Å²) in [6, 6.07) is 10.0. The topological polar surface area (TPSA) is 67.1 Å². The minimum absolute atomic E-state index is 0.405. The quantitative estimate of drug-likeness (QED) is 0.621. The first-order valence-electron chi connectivity index (χ1n) is 5.31. The van der Waals surface area contributed by atoms with Gasteiger partial charge in [-0.25, -0.2) is 10.8 Å². The monoisotopic (exact) mass is 229 g/mol. The number of hydrazine groups is 1. The lowest BCUT2D eigenvalue weighted by Crippen LogP contribution is -2.15. The number of anilines is 3. The molecule has 1 aromatic heterocycles. The second kappa shape index (κ2) is 4.80. The van der Waals surface area contributed by atoms with Gasteiger partial charge < -0.3 is 4.90 Å². The number of nitrogens with one attached hydrogen (secondary N) is 1. The normalized spacial score (nSPS) is 10.1. The molecule has 88 valence electrons. The number of nitrogen functional groups attached to an aromatic ring is 1. The lowest BCUT2D eigenvalue weighted by Gasteiger charge is -2.18. The van der Waals surface area contributed by atoms with Gasteiger partial charge in [0.1, 0.15) is 5.82 Å². The number of hydrogen-bond acceptors (Lipinski definition) is 5. The maximum atomic E-state index is 5.29. The predicted octanol–water partition coefficient (Wildman–Crippen LogP) is 1.84. The molecule has 5 nitrogen and oxygen atoms in total. The van der Waals surface area contributed by atoms with Crippen molar-refractivity contribution in [3.63, 3.8) is 0 Å². The Morgan fingerprint density at radius 3 is 2.82 bits per heavy atom. The molecule has 0 radical (unpaired) electrons. The predicted molar refractivity (Wildman–Crippen MR) is 69.1 cm³/mol. The molecule has 0 spiro atoms. The van der Waals surface area contributed by atoms with Gasteiger partial charge in [0.05, 0.1) is 0 Å². The molecular formula is C12H15N5. The van der Waals surface area contributed by atoms with E-state index in [1.54, 1.807) is 6.20 Å². The molecule has 0 aliphatic rings. The number of nitrogens with two attached hydrogens (primary N) is 1. The fourth-order valence-corrected chi connectivity index (χ4v) is 1.57. The molecule has 0 aliphatic carbocycles. The molecule has 2 rings (SSSR count). The summed E-state index contributed by atoms with van der Waals surface area (Å²) in [7, 11) is 1.96. The summed E-state index contributed by atoms with van der Waals surface area (Å²) in [5, 5.41) is 0. The van der Waals surface area contributed by atoms with E-state index < -0.39 is 0 Å². The minimum Gasteiger partial charge on any atom is -0.329 e. The van der Waals surface area contributed by atoms with Gasteiger partial charge in [-0.15, -0.1) is 0 Å². The number of hydrogen-bond donors (Lipinski definition) is 2. The van der Waals surface area contributed by atoms with Gasteiger partial charge in [0.25, 0.3) is 0 Å². The van der Waals surface area contributed by atoms with Crippen LogP contribution in [0.5, 0.6) is 0 Å². The maximum Gasteiger partial charge on any atom is 0.239 e. The smallest absolute Gasteiger partial charge is 0.239 e. The van der Waals surface area contributed by atoms with E-state index in [4.69, 9.17) is 5.84 Å². The lowest BCUT2D eigenvalue weighted by atomic mass is 10.2. The third-order valence-corrected chi connectivity index (χ3v) is 2.50. The zero-order valence-electron chi connectivity index (χ0n) is 9.88. The summed E-state index contributed by atoms with van der Waals surface area (Å²) < 4.78 is 0. The average Bonchev–Trinajstić information content (AvgIpc) is 2.38. The molecule has 1 aromatic carbocycles. The van der Waals surface area contributed by atoms with Crippen LogP contribution in [-0.4, -0.2) is 17.0 Å². The summed E-state index contributed by atoms with van der Waals surface area (Å²) in [6.45, 7) is 2.06. The molecule has 17 heavy (non-hydrogen) atoms. The van der Waals surface area contributed by atoms with Gasteiger partial charge in [-0.2, -0.15) is 4.98 Å². The summed E-state index contributed by atoms with van der Waals surface area (Å²) >= 11 is 0. The molecule has 0 atom stereocenters. The van der Waals surface area contributed by atoms with Crippen molar-refractivity contribution in [2.75, 3.05) is 17.4 Å². The maximum absolute atomic E-state index is 5.29. The van der Waals surface area contributed by atoms with E-state index >= 15 is 0 Å². The second-order valence-corrected chi connectivity index (χ2v) is 3.78. The highest BCUT2D eigenvalue weighted by atomic mass is 15.3. The fraction of sp³-hybridized carbons (Fsp3) is 0.167. The van der Waals surface area contributed by atoms with Crippen LogP contribution in [0.15, 0.2) is 36.5 Å². The number of rotatable bonds is 3. The molecule has 0 fully saturated rings. The van der Waals surface area contributed by atoms with Gasteiger partial charge in [0.15, 0.2) is 0 Å². The molecule has 1 heterocycles. The van der Waals surface area contributed by atoms with Crippen molar-refractivity contribution < 1.29 is 0 Å². The minimum atomic E-state index is 0.405. The first-order valence-corrected chi connectivity index (χ1v) is 5.31. The van der Waals surface area contributed by atoms with Crippen molar-refractivity contribution in [1.29, 1.82) is 0 Å². The van der Waals surface area contributed by atoms with Gasteiger partial charge in [-0.1, -0.05) is 12.1 Å². The highest BCUT2D eigenvalue weighted by molar-refractivity contribution is 5.60. The summed E-state index contributed by atoms with van der Waals surface area (Å²) in [5.41, 5.74) is 4.72. The molecule has 0 unspecified atom stereocenters. The van der Waals surface area contributed by atoms with E-state index in [2.05, 4.69) is 34.5 Å². The molecule has 0 saturated carbocycles. The van der Waals surface area contributed by atoms with Crippen molar-refractivity contribution in [1.82, 2.24) is 9.97 Å². The van der Waals surface area contributed by atoms with E-state index in [9.17, 15) is 0 Å². The van der Waals surface area contributed by atoms with Crippen LogP contribution in [0.25, 0.3) is 0 Å². The van der Waals surface area contributed by atoms with Gasteiger partial charge in [-0.05, 0) is 30.7 Å². The van der Waals surface area contributed by atoms with Gasteiger partial charge in [-0.3, -0.25) is 5.43 Å². The Morgan fingerprint density at radius 1 is 1.29 bits per heavy atom. The van der Waals surface area contributed by atoms with Crippen LogP contribution in [0.3, 0.4) is 0 Å². The number of aryl methyl sites for hydroxylation is 1. The standard InChI is InChI=1S/C12H15N5/c1-9-4-3-5-10(8-9)17(2)11-6-7-14-12(15-11)16-13/h3-8H,13H2,1-2H3,(H,14,15,16). The van der Waals surface area contributed by atoms with Crippen LogP contribution in [0.1, 0.15) is 5.56 Å². The van der Waals surface area contributed by atoms with E-state index in [0.717, 1.165) is 11.5 Å². The van der Waals surface area contributed by atoms with Crippen molar-refractivity contribution in [3.8, 4) is 0 Å². The van der Waals surface area contributed by atoms with Gasteiger partial charge >= 0.3 is 0 Å². The Hall–Kier alpha value is -2.14. The Balaban J connectivity index is 2.33. The molecular weight excluding hydrogens is 214 g/mol. The van der Waals surface area contributed by atoms with Crippen LogP contribution < -0.4 is 16.2 Å². The van der Waals surface area contributed by atoms with Crippen molar-refractivity contribution in [2.24, 2.45) is 5.84 Å². The van der Waals surface area contributed by atoms with E-state index in [-0.39, 0.29) is 0 Å². The molecule has 0 saturated heterocycles. The first kappa shape index (κ1) is 11.3. The van der Waals surface area contributed by atoms with Crippen LogP contribution in [0.4, 0.5) is 17.5 Å². The molecule has 2 aromatic rings. The Labute approximate surface area is 100 Å². The summed E-state index contributed by atoms with van der Waals surface area (Å²) in [4.78, 5) is 10.2. The largest absolute Gasteiger partial charge is 0.329 e. The molecule has 3 N–H and O–H groups in total. The summed E-state index contributed by atoms with van der Waals surface area (Å²) in [6.07, 6.45) is 1.67. The van der Waals surface area contributed by atoms with E-state index in [0.29, 0.717) is 5.95 Å². The highest BCUT2D eigenvalue weighted by Gasteiger charge is 2.06. The Bertz CT molecular complexity index is 512. The first-order chi connectivity index (χ1) is 8.20. The van der Waals surface area contributed by atoms with Gasteiger partial charge in [0, 0.05) is 18.9 Å². The van der Waals surface area contributed by atoms with Crippen LogP contribution in [-0.2, 0) is 0 Å². The lowest BCUT2D eigenvalue weighted by molar-refractivity contribution is 1.06. The number of benzene rings is 1. The molecule has 0 aliphatic heterocycles. The average molecular weight is 229 g/mol. The SMILES string of the molecule is Cc1cccc(N(C)c2ccnc(NN)n2)c1. The third-order valence-electron chi connectivity index (χ3n) is 2.50. The third kappa shape index (κ3) is 2.51. The van der Waals surface area contributed by atoms with Crippen LogP contribution in [0.2, 0.25) is 0 Å². The van der Waals surface area contributed by atoms with E-state index in [1.807, 2.05) is 30.1 Å². The number of aromatic nitrogens is 2. The summed E-state index contributed by atoms with van der Waals surface area (Å²) in [5.74, 6) is 6.48. The van der Waals surface area contributed by atoms with Crippen LogP contribution >= 0.6 is 0 Å². The van der Waals surface area contributed by atoms with Crippen molar-refractivity contribution in [2.45, 2.75) is 6.92 Å². The second-order valence-electron chi connectivity index (χ2n) is 3.78. The van der Waals surface area contributed by atoms with Crippen molar-refractivity contribution >= 4 is 17.5 Å². The fourth-order valence-electron chi connectivity index (χ4n) is 1.57. The molecule has 0 amide bonds. The highest BCUT2D eigenvalue weighted by Crippen LogP contribution is 2.22. The molecule has 5 heteroatoms. The van der Waals surface area contributed by atoms with Crippen molar-refractivity contribution in [3.05, 3.63) is 42.1 Å².